The molecule has 162 valence electrons. The van der Waals surface area contributed by atoms with Gasteiger partial charge in [0.15, 0.2) is 6.61 Å². The van der Waals surface area contributed by atoms with Gasteiger partial charge in [-0.1, -0.05) is 61.4 Å². The largest absolute Gasteiger partial charge is 0.483 e. The zero-order valence-electron chi connectivity index (χ0n) is 18.8. The Balaban J connectivity index is 2.20. The summed E-state index contributed by atoms with van der Waals surface area (Å²) >= 11 is 0. The van der Waals surface area contributed by atoms with Crippen molar-refractivity contribution < 1.29 is 14.3 Å². The van der Waals surface area contributed by atoms with Crippen molar-refractivity contribution in [2.75, 3.05) is 13.2 Å². The Kier molecular flexibility index (Phi) is 8.90. The van der Waals surface area contributed by atoms with E-state index in [9.17, 15) is 9.59 Å². The van der Waals surface area contributed by atoms with E-state index >= 15 is 0 Å². The fourth-order valence-electron chi connectivity index (χ4n) is 3.36. The summed E-state index contributed by atoms with van der Waals surface area (Å²) in [4.78, 5) is 27.5. The molecule has 0 heterocycles. The third kappa shape index (κ3) is 6.61. The minimum absolute atomic E-state index is 0.104. The van der Waals surface area contributed by atoms with Crippen LogP contribution in [0.25, 0.3) is 0 Å². The summed E-state index contributed by atoms with van der Waals surface area (Å²) in [5.74, 6) is 0.369. The lowest BCUT2D eigenvalue weighted by molar-refractivity contribution is -0.143. The first-order valence-electron chi connectivity index (χ1n) is 10.7. The number of hydrogen-bond donors (Lipinski definition) is 1. The van der Waals surface area contributed by atoms with Gasteiger partial charge >= 0.3 is 0 Å². The first-order valence-corrected chi connectivity index (χ1v) is 10.7. The first-order chi connectivity index (χ1) is 14.3. The van der Waals surface area contributed by atoms with Crippen LogP contribution in [0.2, 0.25) is 0 Å². The van der Waals surface area contributed by atoms with Crippen LogP contribution in [0.3, 0.4) is 0 Å². The van der Waals surface area contributed by atoms with Crippen molar-refractivity contribution in [3.8, 4) is 5.75 Å². The van der Waals surface area contributed by atoms with E-state index in [1.165, 1.54) is 0 Å². The van der Waals surface area contributed by atoms with E-state index < -0.39 is 6.04 Å². The Morgan fingerprint density at radius 2 is 1.67 bits per heavy atom. The predicted molar refractivity (Wildman–Crippen MR) is 121 cm³/mol. The Morgan fingerprint density at radius 3 is 2.27 bits per heavy atom. The fraction of sp³-hybridized carbons (Fsp3) is 0.440. The molecule has 0 aliphatic carbocycles. The standard InChI is InChI=1S/C25H34N2O3/c1-6-14-26-25(29)22(7-2)27(16-21-11-8-18(3)9-12-21)24(28)17-30-23-13-10-19(4)15-20(23)5/h8-13,15,22H,6-7,14,16-17H2,1-5H3,(H,26,29)/t22-/m0/s1. The van der Waals surface area contributed by atoms with E-state index in [2.05, 4.69) is 5.32 Å². The van der Waals surface area contributed by atoms with Crippen molar-refractivity contribution in [1.82, 2.24) is 10.2 Å². The van der Waals surface area contributed by atoms with Crippen molar-refractivity contribution in [1.29, 1.82) is 0 Å². The summed E-state index contributed by atoms with van der Waals surface area (Å²) in [6, 6.07) is 13.4. The molecule has 30 heavy (non-hydrogen) atoms. The lowest BCUT2D eigenvalue weighted by Crippen LogP contribution is -2.50. The van der Waals surface area contributed by atoms with Gasteiger partial charge in [-0.05, 0) is 50.8 Å². The molecule has 2 aromatic rings. The highest BCUT2D eigenvalue weighted by Gasteiger charge is 2.28. The zero-order chi connectivity index (χ0) is 22.1. The highest BCUT2D eigenvalue weighted by atomic mass is 16.5. The second kappa shape index (κ2) is 11.4. The van der Waals surface area contributed by atoms with Crippen LogP contribution in [0.15, 0.2) is 42.5 Å². The molecule has 0 saturated carbocycles. The molecule has 0 bridgehead atoms. The second-order valence-corrected chi connectivity index (χ2v) is 7.78. The first kappa shape index (κ1) is 23.5. The maximum absolute atomic E-state index is 13.2. The highest BCUT2D eigenvalue weighted by molar-refractivity contribution is 5.88. The molecule has 0 unspecified atom stereocenters. The van der Waals surface area contributed by atoms with E-state index in [0.717, 1.165) is 28.7 Å². The van der Waals surface area contributed by atoms with Crippen LogP contribution < -0.4 is 10.1 Å². The molecule has 0 aromatic heterocycles. The number of amides is 2. The number of hydrogen-bond acceptors (Lipinski definition) is 3. The summed E-state index contributed by atoms with van der Waals surface area (Å²) in [5.41, 5.74) is 4.27. The van der Waals surface area contributed by atoms with Crippen LogP contribution in [0.4, 0.5) is 0 Å². The van der Waals surface area contributed by atoms with Crippen LogP contribution in [0.1, 0.15) is 48.9 Å². The third-order valence-electron chi connectivity index (χ3n) is 5.09. The van der Waals surface area contributed by atoms with Gasteiger partial charge in [0.05, 0.1) is 0 Å². The zero-order valence-corrected chi connectivity index (χ0v) is 18.8. The molecule has 1 N–H and O–H groups in total. The van der Waals surface area contributed by atoms with Gasteiger partial charge in [-0.25, -0.2) is 0 Å². The van der Waals surface area contributed by atoms with Gasteiger partial charge in [-0.3, -0.25) is 9.59 Å². The molecule has 5 heteroatoms. The number of rotatable bonds is 10. The predicted octanol–water partition coefficient (Wildman–Crippen LogP) is 4.32. The number of nitrogens with one attached hydrogen (secondary N) is 1. The minimum atomic E-state index is -0.534. The molecule has 2 amide bonds. The van der Waals surface area contributed by atoms with Gasteiger partial charge in [0, 0.05) is 13.1 Å². The minimum Gasteiger partial charge on any atom is -0.483 e. The van der Waals surface area contributed by atoms with Gasteiger partial charge in [-0.15, -0.1) is 0 Å². The number of carbonyl (C=O) groups excluding carboxylic acids is 2. The summed E-state index contributed by atoms with van der Waals surface area (Å²) < 4.78 is 5.82. The molecule has 0 spiro atoms. The van der Waals surface area contributed by atoms with E-state index in [1.54, 1.807) is 4.90 Å². The summed E-state index contributed by atoms with van der Waals surface area (Å²) in [6.07, 6.45) is 1.39. The number of nitrogens with zero attached hydrogens (tertiary/aromatic N) is 1. The van der Waals surface area contributed by atoms with Crippen molar-refractivity contribution in [3.05, 3.63) is 64.7 Å². The lowest BCUT2D eigenvalue weighted by atomic mass is 10.1. The summed E-state index contributed by atoms with van der Waals surface area (Å²) in [7, 11) is 0. The Labute approximate surface area is 180 Å². The van der Waals surface area contributed by atoms with E-state index in [0.29, 0.717) is 25.3 Å². The maximum Gasteiger partial charge on any atom is 0.261 e. The number of benzene rings is 2. The maximum atomic E-state index is 13.2. The molecule has 0 aliphatic heterocycles. The molecule has 0 saturated heterocycles. The normalized spacial score (nSPS) is 11.6. The highest BCUT2D eigenvalue weighted by Crippen LogP contribution is 2.19. The number of carbonyl (C=O) groups is 2. The Bertz CT molecular complexity index is 846. The van der Waals surface area contributed by atoms with Crippen LogP contribution in [0, 0.1) is 20.8 Å². The van der Waals surface area contributed by atoms with Crippen LogP contribution in [0.5, 0.6) is 5.75 Å². The van der Waals surface area contributed by atoms with Crippen LogP contribution in [-0.4, -0.2) is 35.9 Å². The SMILES string of the molecule is CCCNC(=O)[C@H](CC)N(Cc1ccc(C)cc1)C(=O)COc1ccc(C)cc1C. The topological polar surface area (TPSA) is 58.6 Å². The Hall–Kier alpha value is -2.82. The summed E-state index contributed by atoms with van der Waals surface area (Å²) in [5, 5.41) is 2.93. The molecule has 1 atom stereocenters. The average molecular weight is 411 g/mol. The third-order valence-corrected chi connectivity index (χ3v) is 5.09. The second-order valence-electron chi connectivity index (χ2n) is 7.78. The lowest BCUT2D eigenvalue weighted by Gasteiger charge is -2.30. The fourth-order valence-corrected chi connectivity index (χ4v) is 3.36. The molecule has 5 nitrogen and oxygen atoms in total. The van der Waals surface area contributed by atoms with Gasteiger partial charge < -0.3 is 15.0 Å². The van der Waals surface area contributed by atoms with Crippen molar-refractivity contribution >= 4 is 11.8 Å². The molecule has 0 aliphatic rings. The van der Waals surface area contributed by atoms with E-state index in [4.69, 9.17) is 4.74 Å². The van der Waals surface area contributed by atoms with Crippen LogP contribution in [-0.2, 0) is 16.1 Å². The summed E-state index contributed by atoms with van der Waals surface area (Å²) in [6.45, 7) is 10.8. The molecule has 2 aromatic carbocycles. The molecule has 0 fully saturated rings. The molecular formula is C25H34N2O3. The van der Waals surface area contributed by atoms with Crippen molar-refractivity contribution in [3.63, 3.8) is 0 Å². The Morgan fingerprint density at radius 1 is 1.00 bits per heavy atom. The van der Waals surface area contributed by atoms with Crippen molar-refractivity contribution in [2.24, 2.45) is 0 Å². The molecular weight excluding hydrogens is 376 g/mol. The van der Waals surface area contributed by atoms with E-state index in [1.807, 2.05) is 77.1 Å². The monoisotopic (exact) mass is 410 g/mol. The van der Waals surface area contributed by atoms with Gasteiger partial charge in [0.2, 0.25) is 5.91 Å². The smallest absolute Gasteiger partial charge is 0.261 e. The number of ether oxygens (including phenoxy) is 1. The molecule has 0 radical (unpaired) electrons. The van der Waals surface area contributed by atoms with Gasteiger partial charge in [0.25, 0.3) is 5.91 Å². The van der Waals surface area contributed by atoms with Gasteiger partial charge in [-0.2, -0.15) is 0 Å². The number of aryl methyl sites for hydroxylation is 3. The van der Waals surface area contributed by atoms with Crippen molar-refractivity contribution in [2.45, 2.75) is 60.0 Å². The quantitative estimate of drug-likeness (QED) is 0.634. The van der Waals surface area contributed by atoms with Crippen LogP contribution >= 0.6 is 0 Å². The molecule has 2 rings (SSSR count). The average Bonchev–Trinajstić information content (AvgIpc) is 2.72. The van der Waals surface area contributed by atoms with Gasteiger partial charge in [0.1, 0.15) is 11.8 Å². The van der Waals surface area contributed by atoms with E-state index in [-0.39, 0.29) is 18.4 Å².